The fourth-order valence-corrected chi connectivity index (χ4v) is 4.77. The van der Waals surface area contributed by atoms with Gasteiger partial charge in [0.25, 0.3) is 0 Å². The van der Waals surface area contributed by atoms with E-state index < -0.39 is 6.36 Å². The summed E-state index contributed by atoms with van der Waals surface area (Å²) in [5, 5.41) is 10.1. The van der Waals surface area contributed by atoms with Gasteiger partial charge in [-0.1, -0.05) is 12.1 Å². The molecule has 2 heterocycles. The number of hydrogen-bond acceptors (Lipinski definition) is 6. The molecule has 1 saturated heterocycles. The third-order valence-corrected chi connectivity index (χ3v) is 6.68. The van der Waals surface area contributed by atoms with Gasteiger partial charge in [0.2, 0.25) is 5.91 Å². The minimum Gasteiger partial charge on any atom is -0.406 e. The van der Waals surface area contributed by atoms with E-state index in [-0.39, 0.29) is 23.6 Å². The number of halogens is 3. The van der Waals surface area contributed by atoms with Crippen LogP contribution in [0.15, 0.2) is 24.3 Å². The largest absolute Gasteiger partial charge is 0.573 e. The molecule has 0 bridgehead atoms. The quantitative estimate of drug-likeness (QED) is 0.542. The van der Waals surface area contributed by atoms with Gasteiger partial charge in [-0.15, -0.1) is 13.2 Å². The Morgan fingerprint density at radius 2 is 1.92 bits per heavy atom. The highest BCUT2D eigenvalue weighted by atomic mass is 19.4. The predicted molar refractivity (Wildman–Crippen MR) is 128 cm³/mol. The lowest BCUT2D eigenvalue weighted by atomic mass is 9.93. The van der Waals surface area contributed by atoms with Crippen LogP contribution < -0.4 is 9.64 Å². The molecule has 1 aliphatic heterocycles. The van der Waals surface area contributed by atoms with Gasteiger partial charge in [0.15, 0.2) is 0 Å². The number of carbonyl (C=O) groups excluding carboxylic acids is 1. The first-order chi connectivity index (χ1) is 17.1. The number of nitriles is 1. The molecule has 1 atom stereocenters. The monoisotopic (exact) mass is 502 g/mol. The van der Waals surface area contributed by atoms with Crippen LogP contribution in [0.2, 0.25) is 0 Å². The fourth-order valence-electron chi connectivity index (χ4n) is 4.77. The third-order valence-electron chi connectivity index (χ3n) is 6.68. The minimum absolute atomic E-state index is 0.0422. The van der Waals surface area contributed by atoms with E-state index in [9.17, 15) is 23.2 Å². The number of alkyl halides is 3. The van der Waals surface area contributed by atoms with Gasteiger partial charge in [-0.2, -0.15) is 5.26 Å². The van der Waals surface area contributed by atoms with Crippen molar-refractivity contribution in [2.75, 3.05) is 38.3 Å². The summed E-state index contributed by atoms with van der Waals surface area (Å²) < 4.78 is 46.8. The SMILES string of the molecule is COCCC(=O)N1CCN(c2nc(C3CC3)c(-c3ccc(OC(F)(F)F)cc3)c(C)c2C#N)CC1C. The molecule has 1 saturated carbocycles. The van der Waals surface area contributed by atoms with Crippen molar-refractivity contribution in [1.82, 2.24) is 9.88 Å². The van der Waals surface area contributed by atoms with Crippen LogP contribution in [0.3, 0.4) is 0 Å². The normalized spacial score (nSPS) is 18.2. The number of amides is 1. The second-order valence-corrected chi connectivity index (χ2v) is 9.28. The first kappa shape index (κ1) is 25.8. The summed E-state index contributed by atoms with van der Waals surface area (Å²) in [7, 11) is 1.57. The molecule has 1 aliphatic carbocycles. The van der Waals surface area contributed by atoms with Gasteiger partial charge in [0.1, 0.15) is 17.6 Å². The van der Waals surface area contributed by atoms with Gasteiger partial charge in [-0.3, -0.25) is 4.79 Å². The number of nitrogens with zero attached hydrogens (tertiary/aromatic N) is 4. The Kier molecular flexibility index (Phi) is 7.41. The molecule has 4 rings (SSSR count). The Hall–Kier alpha value is -3.32. The molecule has 192 valence electrons. The Bertz CT molecular complexity index is 1160. The van der Waals surface area contributed by atoms with Crippen molar-refractivity contribution in [3.63, 3.8) is 0 Å². The summed E-state index contributed by atoms with van der Waals surface area (Å²) in [5.41, 5.74) is 3.54. The number of anilines is 1. The summed E-state index contributed by atoms with van der Waals surface area (Å²) >= 11 is 0. The van der Waals surface area contributed by atoms with Crippen molar-refractivity contribution in [3.05, 3.63) is 41.1 Å². The Labute approximate surface area is 208 Å². The predicted octanol–water partition coefficient (Wildman–Crippen LogP) is 4.78. The van der Waals surface area contributed by atoms with Gasteiger partial charge in [-0.05, 0) is 49.9 Å². The van der Waals surface area contributed by atoms with Crippen LogP contribution in [0.1, 0.15) is 48.9 Å². The number of carbonyl (C=O) groups is 1. The molecule has 10 heteroatoms. The number of ether oxygens (including phenoxy) is 2. The lowest BCUT2D eigenvalue weighted by Crippen LogP contribution is -2.54. The number of benzene rings is 1. The van der Waals surface area contributed by atoms with E-state index in [0.717, 1.165) is 29.7 Å². The zero-order valence-electron chi connectivity index (χ0n) is 20.6. The molecule has 2 aliphatic rings. The smallest absolute Gasteiger partial charge is 0.406 e. The zero-order chi connectivity index (χ0) is 26.0. The van der Waals surface area contributed by atoms with Crippen LogP contribution in [0.25, 0.3) is 11.1 Å². The minimum atomic E-state index is -4.76. The molecule has 36 heavy (non-hydrogen) atoms. The molecular weight excluding hydrogens is 473 g/mol. The summed E-state index contributed by atoms with van der Waals surface area (Å²) in [6, 6.07) is 7.95. The molecule has 7 nitrogen and oxygen atoms in total. The van der Waals surface area contributed by atoms with E-state index in [1.54, 1.807) is 19.2 Å². The zero-order valence-corrected chi connectivity index (χ0v) is 20.6. The summed E-state index contributed by atoms with van der Waals surface area (Å²) in [6.07, 6.45) is -2.49. The van der Waals surface area contributed by atoms with Gasteiger partial charge in [0.05, 0.1) is 24.3 Å². The third kappa shape index (κ3) is 5.57. The van der Waals surface area contributed by atoms with Crippen LogP contribution in [-0.4, -0.2) is 61.5 Å². The van der Waals surface area contributed by atoms with Crippen molar-refractivity contribution >= 4 is 11.7 Å². The molecule has 1 amide bonds. The number of hydrogen-bond donors (Lipinski definition) is 0. The maximum atomic E-state index is 12.6. The van der Waals surface area contributed by atoms with E-state index in [4.69, 9.17) is 9.72 Å². The first-order valence-corrected chi connectivity index (χ1v) is 12.0. The molecular formula is C26H29F3N4O3. The van der Waals surface area contributed by atoms with Gasteiger partial charge in [0, 0.05) is 44.3 Å². The average Bonchev–Trinajstić information content (AvgIpc) is 3.67. The summed E-state index contributed by atoms with van der Waals surface area (Å²) in [6.45, 7) is 5.84. The van der Waals surface area contributed by atoms with Crippen molar-refractivity contribution in [2.24, 2.45) is 0 Å². The van der Waals surface area contributed by atoms with E-state index in [1.807, 2.05) is 18.7 Å². The lowest BCUT2D eigenvalue weighted by molar-refractivity contribution is -0.274. The Morgan fingerprint density at radius 1 is 1.22 bits per heavy atom. The van der Waals surface area contributed by atoms with Gasteiger partial charge < -0.3 is 19.3 Å². The fraction of sp³-hybridized carbons (Fsp3) is 0.500. The van der Waals surface area contributed by atoms with Crippen molar-refractivity contribution in [1.29, 1.82) is 5.26 Å². The van der Waals surface area contributed by atoms with Crippen LogP contribution >= 0.6 is 0 Å². The van der Waals surface area contributed by atoms with Crippen LogP contribution in [0, 0.1) is 18.3 Å². The van der Waals surface area contributed by atoms with Crippen molar-refractivity contribution < 1.29 is 27.4 Å². The lowest BCUT2D eigenvalue weighted by Gasteiger charge is -2.41. The summed E-state index contributed by atoms with van der Waals surface area (Å²) in [5.74, 6) is 0.591. The number of methoxy groups -OCH3 is 1. The molecule has 1 aromatic heterocycles. The number of rotatable bonds is 7. The Morgan fingerprint density at radius 3 is 2.47 bits per heavy atom. The van der Waals surface area contributed by atoms with E-state index in [1.165, 1.54) is 12.1 Å². The number of pyridine rings is 1. The van der Waals surface area contributed by atoms with Crippen molar-refractivity contribution in [3.8, 4) is 22.9 Å². The molecule has 0 spiro atoms. The van der Waals surface area contributed by atoms with E-state index in [2.05, 4.69) is 15.7 Å². The molecule has 1 aromatic carbocycles. The second-order valence-electron chi connectivity index (χ2n) is 9.28. The molecule has 1 unspecified atom stereocenters. The van der Waals surface area contributed by atoms with Crippen LogP contribution in [-0.2, 0) is 9.53 Å². The maximum Gasteiger partial charge on any atom is 0.573 e. The standard InChI is InChI=1S/C26H29F3N4O3/c1-16-15-32(11-12-33(16)22(34)10-13-35-3)25-21(14-30)17(2)23(24(31-25)19-4-5-19)18-6-8-20(9-7-18)36-26(27,28)29/h6-9,16,19H,4-5,10-13,15H2,1-3H3. The highest BCUT2D eigenvalue weighted by Gasteiger charge is 2.35. The number of piperazine rings is 1. The molecule has 2 aromatic rings. The van der Waals surface area contributed by atoms with Crippen LogP contribution in [0.5, 0.6) is 5.75 Å². The average molecular weight is 503 g/mol. The van der Waals surface area contributed by atoms with E-state index >= 15 is 0 Å². The first-order valence-electron chi connectivity index (χ1n) is 12.0. The van der Waals surface area contributed by atoms with Gasteiger partial charge in [-0.25, -0.2) is 4.98 Å². The van der Waals surface area contributed by atoms with E-state index in [0.29, 0.717) is 49.6 Å². The second kappa shape index (κ2) is 10.3. The topological polar surface area (TPSA) is 78.7 Å². The Balaban J connectivity index is 1.65. The molecule has 0 radical (unpaired) electrons. The number of aromatic nitrogens is 1. The van der Waals surface area contributed by atoms with Gasteiger partial charge >= 0.3 is 6.36 Å². The summed E-state index contributed by atoms with van der Waals surface area (Å²) in [4.78, 5) is 21.4. The molecule has 0 N–H and O–H groups in total. The highest BCUT2D eigenvalue weighted by Crippen LogP contribution is 2.46. The molecule has 2 fully saturated rings. The highest BCUT2D eigenvalue weighted by molar-refractivity contribution is 5.79. The maximum absolute atomic E-state index is 12.6. The van der Waals surface area contributed by atoms with Crippen molar-refractivity contribution in [2.45, 2.75) is 51.4 Å². The van der Waals surface area contributed by atoms with Crippen LogP contribution in [0.4, 0.5) is 19.0 Å².